The summed E-state index contributed by atoms with van der Waals surface area (Å²) in [6.07, 6.45) is 0. The van der Waals surface area contributed by atoms with Gasteiger partial charge in [-0.3, -0.25) is 9.83 Å². The Morgan fingerprint density at radius 1 is 1.10 bits per heavy atom. The molecule has 0 spiro atoms. The summed E-state index contributed by atoms with van der Waals surface area (Å²) in [6.45, 7) is 2.55. The van der Waals surface area contributed by atoms with Crippen LogP contribution in [0.1, 0.15) is 21.4 Å². The molecule has 9 heteroatoms. The van der Waals surface area contributed by atoms with Crippen LogP contribution in [0.15, 0.2) is 69.5 Å². The van der Waals surface area contributed by atoms with Gasteiger partial charge in [-0.25, -0.2) is 5.48 Å². The standard InChI is InChI=1S/C22H16Cl2N4OS2/c1-12-6-8-19(30-12)17-11-29-28-21(25-17)20-14-4-2-3-5-16(14)26-27-22(20)31-18-9-7-13(23)10-15(18)24/h2-10,17H,11H2,1H3,(H,25,28)/t17-/m1/s1. The van der Waals surface area contributed by atoms with Crippen LogP contribution in [0.3, 0.4) is 0 Å². The number of hydroxylamine groups is 1. The predicted octanol–water partition coefficient (Wildman–Crippen LogP) is 6.48. The molecule has 4 aromatic rings. The summed E-state index contributed by atoms with van der Waals surface area (Å²) in [5.74, 6) is 0.626. The van der Waals surface area contributed by atoms with Crippen molar-refractivity contribution >= 4 is 63.0 Å². The van der Waals surface area contributed by atoms with E-state index in [0.29, 0.717) is 27.5 Å². The molecule has 1 aliphatic rings. The van der Waals surface area contributed by atoms with E-state index in [1.165, 1.54) is 16.6 Å². The second-order valence-corrected chi connectivity index (χ2v) is 10.1. The molecule has 0 amide bonds. The Kier molecular flexibility index (Phi) is 5.86. The lowest BCUT2D eigenvalue weighted by atomic mass is 10.1. The highest BCUT2D eigenvalue weighted by molar-refractivity contribution is 7.99. The van der Waals surface area contributed by atoms with Gasteiger partial charge >= 0.3 is 0 Å². The van der Waals surface area contributed by atoms with Crippen LogP contribution in [0.25, 0.3) is 10.9 Å². The van der Waals surface area contributed by atoms with Gasteiger partial charge in [0.15, 0.2) is 5.84 Å². The number of benzene rings is 2. The number of aliphatic imine (C=N–C) groups is 1. The number of aryl methyl sites for hydroxylation is 1. The summed E-state index contributed by atoms with van der Waals surface area (Å²) in [6, 6.07) is 17.4. The van der Waals surface area contributed by atoms with Crippen LogP contribution in [0, 0.1) is 6.92 Å². The fraction of sp³-hybridized carbons (Fsp3) is 0.136. The first kappa shape index (κ1) is 20.7. The molecule has 3 heterocycles. The second kappa shape index (κ2) is 8.76. The molecule has 5 nitrogen and oxygen atoms in total. The number of nitrogens with zero attached hydrogens (tertiary/aromatic N) is 3. The molecule has 2 aromatic carbocycles. The molecule has 156 valence electrons. The first-order valence-electron chi connectivity index (χ1n) is 9.49. The van der Waals surface area contributed by atoms with Crippen LogP contribution in [-0.4, -0.2) is 22.6 Å². The third kappa shape index (κ3) is 4.29. The maximum absolute atomic E-state index is 6.42. The molecule has 31 heavy (non-hydrogen) atoms. The molecular weight excluding hydrogens is 471 g/mol. The number of halogens is 2. The molecule has 0 fully saturated rings. The Bertz CT molecular complexity index is 1310. The minimum Gasteiger partial charge on any atom is -0.272 e. The summed E-state index contributed by atoms with van der Waals surface area (Å²) >= 11 is 15.6. The van der Waals surface area contributed by atoms with E-state index >= 15 is 0 Å². The average Bonchev–Trinajstić information content (AvgIpc) is 3.22. The Balaban J connectivity index is 1.63. The lowest BCUT2D eigenvalue weighted by molar-refractivity contribution is 0.0628. The monoisotopic (exact) mass is 486 g/mol. The summed E-state index contributed by atoms with van der Waals surface area (Å²) in [5, 5.41) is 11.6. The van der Waals surface area contributed by atoms with Crippen molar-refractivity contribution in [2.24, 2.45) is 4.99 Å². The number of aromatic nitrogens is 2. The van der Waals surface area contributed by atoms with E-state index in [1.54, 1.807) is 23.5 Å². The first-order valence-corrected chi connectivity index (χ1v) is 11.9. The van der Waals surface area contributed by atoms with Crippen molar-refractivity contribution in [3.8, 4) is 0 Å². The molecule has 0 bridgehead atoms. The largest absolute Gasteiger partial charge is 0.272 e. The minimum atomic E-state index is -0.0844. The molecule has 1 N–H and O–H groups in total. The van der Waals surface area contributed by atoms with Crippen molar-refractivity contribution in [2.75, 3.05) is 6.61 Å². The quantitative estimate of drug-likeness (QED) is 0.357. The molecule has 0 radical (unpaired) electrons. The van der Waals surface area contributed by atoms with Crippen molar-refractivity contribution in [2.45, 2.75) is 22.9 Å². The Morgan fingerprint density at radius 3 is 2.77 bits per heavy atom. The molecule has 0 saturated heterocycles. The van der Waals surface area contributed by atoms with Gasteiger partial charge in [-0.15, -0.1) is 21.5 Å². The second-order valence-electron chi connectivity index (χ2n) is 6.93. The van der Waals surface area contributed by atoms with E-state index in [0.717, 1.165) is 26.2 Å². The van der Waals surface area contributed by atoms with Crippen molar-refractivity contribution in [1.82, 2.24) is 15.7 Å². The van der Waals surface area contributed by atoms with Crippen molar-refractivity contribution in [3.05, 3.63) is 80.0 Å². The summed E-state index contributed by atoms with van der Waals surface area (Å²) in [4.78, 5) is 14.0. The number of nitrogens with one attached hydrogen (secondary N) is 1. The molecule has 1 aliphatic heterocycles. The predicted molar refractivity (Wildman–Crippen MR) is 128 cm³/mol. The normalized spacial score (nSPS) is 16.2. The smallest absolute Gasteiger partial charge is 0.156 e. The van der Waals surface area contributed by atoms with Crippen LogP contribution in [0.4, 0.5) is 0 Å². The number of hydrogen-bond acceptors (Lipinski definition) is 7. The lowest BCUT2D eigenvalue weighted by Crippen LogP contribution is -2.33. The topological polar surface area (TPSA) is 59.4 Å². The van der Waals surface area contributed by atoms with E-state index in [4.69, 9.17) is 33.0 Å². The maximum Gasteiger partial charge on any atom is 0.156 e. The van der Waals surface area contributed by atoms with Crippen LogP contribution in [0.5, 0.6) is 0 Å². The molecule has 1 atom stereocenters. The van der Waals surface area contributed by atoms with E-state index < -0.39 is 0 Å². The average molecular weight is 487 g/mol. The van der Waals surface area contributed by atoms with Gasteiger partial charge in [0, 0.05) is 25.1 Å². The van der Waals surface area contributed by atoms with E-state index in [2.05, 4.69) is 34.7 Å². The molecule has 0 aliphatic carbocycles. The van der Waals surface area contributed by atoms with Gasteiger partial charge in [-0.1, -0.05) is 53.2 Å². The molecular formula is C22H16Cl2N4OS2. The molecule has 0 saturated carbocycles. The zero-order valence-electron chi connectivity index (χ0n) is 16.3. The summed E-state index contributed by atoms with van der Waals surface area (Å²) in [7, 11) is 0. The van der Waals surface area contributed by atoms with Crippen LogP contribution in [-0.2, 0) is 4.84 Å². The number of fused-ring (bicyclic) bond motifs is 1. The fourth-order valence-corrected chi connectivity index (χ4v) is 5.62. The minimum absolute atomic E-state index is 0.0844. The first-order chi connectivity index (χ1) is 15.1. The van der Waals surface area contributed by atoms with Gasteiger partial charge in [-0.2, -0.15) is 0 Å². The highest BCUT2D eigenvalue weighted by atomic mass is 35.5. The zero-order chi connectivity index (χ0) is 21.4. The zero-order valence-corrected chi connectivity index (χ0v) is 19.4. The third-order valence-corrected chi connectivity index (χ3v) is 7.57. The SMILES string of the molecule is Cc1ccc([C@H]2CONC(c3c(Sc4ccc(Cl)cc4Cl)nnc4ccccc34)=N2)s1. The molecule has 5 rings (SSSR count). The summed E-state index contributed by atoms with van der Waals surface area (Å²) < 4.78 is 0. The van der Waals surface area contributed by atoms with Gasteiger partial charge in [0.1, 0.15) is 17.7 Å². The number of hydrogen-bond donors (Lipinski definition) is 1. The van der Waals surface area contributed by atoms with Gasteiger partial charge in [0.25, 0.3) is 0 Å². The van der Waals surface area contributed by atoms with Crippen molar-refractivity contribution < 1.29 is 4.84 Å². The highest BCUT2D eigenvalue weighted by Crippen LogP contribution is 2.38. The lowest BCUT2D eigenvalue weighted by Gasteiger charge is -2.23. The number of amidine groups is 1. The van der Waals surface area contributed by atoms with Crippen molar-refractivity contribution in [1.29, 1.82) is 0 Å². The molecule has 0 unspecified atom stereocenters. The van der Waals surface area contributed by atoms with Gasteiger partial charge in [0.05, 0.1) is 16.1 Å². The van der Waals surface area contributed by atoms with Gasteiger partial charge in [0.2, 0.25) is 0 Å². The maximum atomic E-state index is 6.42. The van der Waals surface area contributed by atoms with Crippen LogP contribution < -0.4 is 5.48 Å². The van der Waals surface area contributed by atoms with Crippen LogP contribution in [0.2, 0.25) is 10.0 Å². The van der Waals surface area contributed by atoms with E-state index in [9.17, 15) is 0 Å². The third-order valence-electron chi connectivity index (χ3n) is 4.76. The van der Waals surface area contributed by atoms with Gasteiger partial charge in [-0.05, 0) is 43.3 Å². The molecule has 2 aromatic heterocycles. The number of thiophene rings is 1. The highest BCUT2D eigenvalue weighted by Gasteiger charge is 2.24. The van der Waals surface area contributed by atoms with E-state index in [1.807, 2.05) is 30.3 Å². The Hall–Kier alpha value is -2.16. The Labute approximate surface area is 197 Å². The summed E-state index contributed by atoms with van der Waals surface area (Å²) in [5.41, 5.74) is 4.62. The van der Waals surface area contributed by atoms with E-state index in [-0.39, 0.29) is 6.04 Å². The van der Waals surface area contributed by atoms with Crippen LogP contribution >= 0.6 is 46.3 Å². The number of rotatable bonds is 4. The van der Waals surface area contributed by atoms with Crippen molar-refractivity contribution in [3.63, 3.8) is 0 Å². The van der Waals surface area contributed by atoms with Gasteiger partial charge < -0.3 is 0 Å². The Morgan fingerprint density at radius 2 is 1.97 bits per heavy atom. The fourth-order valence-electron chi connectivity index (χ4n) is 3.30.